The first-order valence-corrected chi connectivity index (χ1v) is 9.03. The molecule has 1 aromatic rings. The molecule has 0 heterocycles. The third-order valence-electron chi connectivity index (χ3n) is 6.26. The Labute approximate surface area is 134 Å². The molecule has 0 aromatic heterocycles. The number of benzene rings is 1. The van der Waals surface area contributed by atoms with E-state index in [0.717, 1.165) is 44.1 Å². The predicted octanol–water partition coefficient (Wildman–Crippen LogP) is 4.56. The molecule has 0 aliphatic heterocycles. The van der Waals surface area contributed by atoms with Gasteiger partial charge >= 0.3 is 0 Å². The van der Waals surface area contributed by atoms with Crippen molar-refractivity contribution in [3.05, 3.63) is 35.4 Å². The molecule has 2 heteroatoms. The first-order chi connectivity index (χ1) is 10.6. The fourth-order valence-electron chi connectivity index (χ4n) is 4.77. The lowest BCUT2D eigenvalue weighted by molar-refractivity contribution is -0.0440. The average Bonchev–Trinajstić information content (AvgIpc) is 2.82. The lowest BCUT2D eigenvalue weighted by atomic mass is 9.61. The van der Waals surface area contributed by atoms with Gasteiger partial charge in [-0.1, -0.05) is 51.0 Å². The highest BCUT2D eigenvalue weighted by Gasteiger charge is 2.43. The smallest absolute Gasteiger partial charge is 0.0846 e. The number of aliphatic hydroxyl groups excluding tert-OH is 2. The predicted molar refractivity (Wildman–Crippen MR) is 89.7 cm³/mol. The van der Waals surface area contributed by atoms with Crippen molar-refractivity contribution in [2.45, 2.75) is 76.9 Å². The van der Waals surface area contributed by atoms with Crippen LogP contribution in [0.1, 0.15) is 81.9 Å². The summed E-state index contributed by atoms with van der Waals surface area (Å²) in [6, 6.07) is 8.44. The Bertz CT molecular complexity index is 479. The summed E-state index contributed by atoms with van der Waals surface area (Å²) in [5, 5.41) is 21.0. The molecule has 122 valence electrons. The molecule has 2 saturated carbocycles. The molecule has 3 rings (SSSR count). The van der Waals surface area contributed by atoms with Crippen LogP contribution in [0.15, 0.2) is 24.3 Å². The third-order valence-corrected chi connectivity index (χ3v) is 6.26. The molecule has 2 N–H and O–H groups in total. The Morgan fingerprint density at radius 3 is 2.32 bits per heavy atom. The second-order valence-electron chi connectivity index (χ2n) is 7.68. The van der Waals surface area contributed by atoms with E-state index in [1.807, 2.05) is 0 Å². The molecule has 4 atom stereocenters. The fourth-order valence-corrected chi connectivity index (χ4v) is 4.77. The van der Waals surface area contributed by atoms with E-state index < -0.39 is 0 Å². The van der Waals surface area contributed by atoms with Crippen LogP contribution in [0.5, 0.6) is 0 Å². The zero-order valence-electron chi connectivity index (χ0n) is 14.0. The number of rotatable bonds is 5. The average molecular weight is 302 g/mol. The molecular weight excluding hydrogens is 272 g/mol. The molecule has 0 spiro atoms. The summed E-state index contributed by atoms with van der Waals surface area (Å²) < 4.78 is 0. The van der Waals surface area contributed by atoms with Gasteiger partial charge in [-0.05, 0) is 49.1 Å². The van der Waals surface area contributed by atoms with E-state index >= 15 is 0 Å². The van der Waals surface area contributed by atoms with Crippen molar-refractivity contribution in [3.63, 3.8) is 0 Å². The van der Waals surface area contributed by atoms with Crippen molar-refractivity contribution in [2.75, 3.05) is 0 Å². The zero-order chi connectivity index (χ0) is 15.7. The topological polar surface area (TPSA) is 40.5 Å². The second-order valence-corrected chi connectivity index (χ2v) is 7.68. The first-order valence-electron chi connectivity index (χ1n) is 9.03. The summed E-state index contributed by atoms with van der Waals surface area (Å²) in [5.41, 5.74) is 2.40. The van der Waals surface area contributed by atoms with Gasteiger partial charge in [-0.2, -0.15) is 0 Å². The van der Waals surface area contributed by atoms with Crippen molar-refractivity contribution in [1.29, 1.82) is 0 Å². The largest absolute Gasteiger partial charge is 0.392 e. The first kappa shape index (κ1) is 16.0. The van der Waals surface area contributed by atoms with Gasteiger partial charge in [0.25, 0.3) is 0 Å². The Kier molecular flexibility index (Phi) is 4.61. The van der Waals surface area contributed by atoms with Gasteiger partial charge in [0.1, 0.15) is 0 Å². The fraction of sp³-hybridized carbons (Fsp3) is 0.700. The van der Waals surface area contributed by atoms with E-state index in [9.17, 15) is 10.2 Å². The van der Waals surface area contributed by atoms with Gasteiger partial charge in [-0.3, -0.25) is 0 Å². The van der Waals surface area contributed by atoms with Crippen LogP contribution >= 0.6 is 0 Å². The Balaban J connectivity index is 1.76. The Morgan fingerprint density at radius 1 is 1.18 bits per heavy atom. The summed E-state index contributed by atoms with van der Waals surface area (Å²) in [7, 11) is 0. The second kappa shape index (κ2) is 6.33. The van der Waals surface area contributed by atoms with Crippen LogP contribution in [0.2, 0.25) is 0 Å². The maximum absolute atomic E-state index is 10.8. The maximum Gasteiger partial charge on any atom is 0.0846 e. The van der Waals surface area contributed by atoms with E-state index in [2.05, 4.69) is 38.1 Å². The van der Waals surface area contributed by atoms with Crippen LogP contribution in [0.4, 0.5) is 0 Å². The van der Waals surface area contributed by atoms with Crippen LogP contribution < -0.4 is 0 Å². The molecule has 1 unspecified atom stereocenters. The summed E-state index contributed by atoms with van der Waals surface area (Å²) in [5.74, 6) is 0.809. The molecule has 22 heavy (non-hydrogen) atoms. The van der Waals surface area contributed by atoms with E-state index in [1.165, 1.54) is 12.0 Å². The highest BCUT2D eigenvalue weighted by molar-refractivity contribution is 5.30. The zero-order valence-corrected chi connectivity index (χ0v) is 14.0. The van der Waals surface area contributed by atoms with Crippen molar-refractivity contribution in [2.24, 2.45) is 11.3 Å². The van der Waals surface area contributed by atoms with E-state index in [0.29, 0.717) is 5.92 Å². The SMILES string of the molecule is CCCC1(C(O)c2ccc([C@H]3[C@H](O)CC[C@@H]3C)cc2)CCC1. The number of hydrogen-bond donors (Lipinski definition) is 2. The number of hydrogen-bond acceptors (Lipinski definition) is 2. The standard InChI is InChI=1S/C20H30O2/c1-3-11-20(12-4-13-20)19(22)16-8-6-15(7-9-16)18-14(2)5-10-17(18)21/h6-9,14,17-19,21-22H,3-5,10-13H2,1-2H3/t14-,17+,18-,19?/m0/s1. The molecule has 0 bridgehead atoms. The van der Waals surface area contributed by atoms with Crippen LogP contribution in [0, 0.1) is 11.3 Å². The highest BCUT2D eigenvalue weighted by atomic mass is 16.3. The molecular formula is C20H30O2. The minimum atomic E-state index is -0.332. The summed E-state index contributed by atoms with van der Waals surface area (Å²) in [6.45, 7) is 4.44. The van der Waals surface area contributed by atoms with Crippen molar-refractivity contribution in [3.8, 4) is 0 Å². The Morgan fingerprint density at radius 2 is 1.86 bits per heavy atom. The highest BCUT2D eigenvalue weighted by Crippen LogP contribution is 2.53. The third kappa shape index (κ3) is 2.72. The van der Waals surface area contributed by atoms with E-state index in [4.69, 9.17) is 0 Å². The molecule has 2 aliphatic carbocycles. The summed E-state index contributed by atoms with van der Waals surface area (Å²) in [6.07, 6.45) is 7.30. The monoisotopic (exact) mass is 302 g/mol. The normalized spacial score (nSPS) is 31.7. The molecule has 2 nitrogen and oxygen atoms in total. The molecule has 0 amide bonds. The van der Waals surface area contributed by atoms with Gasteiger partial charge < -0.3 is 10.2 Å². The lowest BCUT2D eigenvalue weighted by Crippen LogP contribution is -2.36. The van der Waals surface area contributed by atoms with Crippen molar-refractivity contribution >= 4 is 0 Å². The van der Waals surface area contributed by atoms with Crippen LogP contribution in [-0.2, 0) is 0 Å². The molecule has 0 radical (unpaired) electrons. The lowest BCUT2D eigenvalue weighted by Gasteiger charge is -2.46. The van der Waals surface area contributed by atoms with Crippen molar-refractivity contribution < 1.29 is 10.2 Å². The van der Waals surface area contributed by atoms with Gasteiger partial charge in [0, 0.05) is 11.3 Å². The maximum atomic E-state index is 10.8. The van der Waals surface area contributed by atoms with E-state index in [-0.39, 0.29) is 23.5 Å². The molecule has 2 aliphatic rings. The van der Waals surface area contributed by atoms with E-state index in [1.54, 1.807) is 0 Å². The van der Waals surface area contributed by atoms with Gasteiger partial charge in [-0.25, -0.2) is 0 Å². The number of aliphatic hydroxyl groups is 2. The minimum Gasteiger partial charge on any atom is -0.392 e. The van der Waals surface area contributed by atoms with Gasteiger partial charge in [0.05, 0.1) is 12.2 Å². The van der Waals surface area contributed by atoms with Crippen LogP contribution in [0.3, 0.4) is 0 Å². The van der Waals surface area contributed by atoms with Crippen LogP contribution in [0.25, 0.3) is 0 Å². The van der Waals surface area contributed by atoms with Crippen molar-refractivity contribution in [1.82, 2.24) is 0 Å². The molecule has 2 fully saturated rings. The summed E-state index contributed by atoms with van der Waals surface area (Å²) in [4.78, 5) is 0. The van der Waals surface area contributed by atoms with Gasteiger partial charge in [-0.15, -0.1) is 0 Å². The van der Waals surface area contributed by atoms with Gasteiger partial charge in [0.15, 0.2) is 0 Å². The molecule has 1 aromatic carbocycles. The quantitative estimate of drug-likeness (QED) is 0.836. The van der Waals surface area contributed by atoms with Gasteiger partial charge in [0.2, 0.25) is 0 Å². The minimum absolute atomic E-state index is 0.121. The Hall–Kier alpha value is -0.860. The molecule has 0 saturated heterocycles. The van der Waals surface area contributed by atoms with Crippen LogP contribution in [-0.4, -0.2) is 16.3 Å². The summed E-state index contributed by atoms with van der Waals surface area (Å²) >= 11 is 0.